The fraction of sp³-hybridized carbons (Fsp3) is 0.486. The van der Waals surface area contributed by atoms with E-state index in [0.29, 0.717) is 11.3 Å². The van der Waals surface area contributed by atoms with Gasteiger partial charge < -0.3 is 31.5 Å². The van der Waals surface area contributed by atoms with Gasteiger partial charge in [0.15, 0.2) is 11.6 Å². The van der Waals surface area contributed by atoms with E-state index in [-0.39, 0.29) is 31.4 Å². The van der Waals surface area contributed by atoms with E-state index < -0.39 is 94.8 Å². The molecule has 12 nitrogen and oxygen atoms in total. The van der Waals surface area contributed by atoms with Gasteiger partial charge in [-0.3, -0.25) is 28.8 Å². The van der Waals surface area contributed by atoms with Crippen molar-refractivity contribution in [2.75, 3.05) is 18.6 Å². The number of amides is 6. The predicted octanol–water partition coefficient (Wildman–Crippen LogP) is 2.12. The lowest BCUT2D eigenvalue weighted by Gasteiger charge is -2.32. The van der Waals surface area contributed by atoms with Gasteiger partial charge in [-0.15, -0.1) is 0 Å². The number of halogens is 2. The Balaban J connectivity index is 1.68. The second-order valence-electron chi connectivity index (χ2n) is 13.0. The molecular weight excluding hydrogens is 670 g/mol. The Morgan fingerprint density at radius 2 is 1.64 bits per heavy atom. The molecule has 50 heavy (non-hydrogen) atoms. The first-order chi connectivity index (χ1) is 23.7. The van der Waals surface area contributed by atoms with E-state index in [9.17, 15) is 37.5 Å². The molecule has 2 saturated heterocycles. The molecule has 0 spiro atoms. The number of hydrogen-bond acceptors (Lipinski definition) is 7. The summed E-state index contributed by atoms with van der Waals surface area (Å²) in [4.78, 5) is 82.7. The summed E-state index contributed by atoms with van der Waals surface area (Å²) >= 11 is 1.48. The molecule has 0 unspecified atom stereocenters. The van der Waals surface area contributed by atoms with Gasteiger partial charge in [-0.05, 0) is 61.8 Å². The third kappa shape index (κ3) is 9.17. The van der Waals surface area contributed by atoms with Crippen LogP contribution in [0.2, 0.25) is 0 Å². The van der Waals surface area contributed by atoms with Crippen LogP contribution in [0.25, 0.3) is 0 Å². The molecule has 5 N–H and O–H groups in total. The first-order valence-electron chi connectivity index (χ1n) is 16.5. The van der Waals surface area contributed by atoms with Gasteiger partial charge in [0, 0.05) is 12.6 Å². The SMILES string of the molecule is CSCC[C@@H]1NC(=O)C[C@@H](c2ccccc2)NC(=O)[C@H](C)NC(=O)[C@@H]2C[C@H](NC(=O)c3ccc(C)c(F)c3F)CN2C(=O)[C@H](C(C)C)NC1=O. The molecule has 2 aromatic carbocycles. The Morgan fingerprint density at radius 3 is 2.30 bits per heavy atom. The zero-order valence-electron chi connectivity index (χ0n) is 28.7. The lowest BCUT2D eigenvalue weighted by Crippen LogP contribution is -2.59. The molecule has 4 rings (SSSR count). The average Bonchev–Trinajstić information content (AvgIpc) is 3.50. The van der Waals surface area contributed by atoms with Gasteiger partial charge in [-0.25, -0.2) is 8.78 Å². The molecule has 2 aliphatic rings. The molecular formula is C35H44F2N6O6S. The van der Waals surface area contributed by atoms with Gasteiger partial charge in [0.2, 0.25) is 29.5 Å². The van der Waals surface area contributed by atoms with Crippen molar-refractivity contribution in [2.45, 2.75) is 83.2 Å². The molecule has 2 aliphatic heterocycles. The number of aryl methyl sites for hydroxylation is 1. The number of benzene rings is 2. The van der Waals surface area contributed by atoms with Crippen molar-refractivity contribution in [3.05, 3.63) is 70.8 Å². The summed E-state index contributed by atoms with van der Waals surface area (Å²) in [5, 5.41) is 13.6. The number of nitrogens with zero attached hydrogens (tertiary/aromatic N) is 1. The van der Waals surface area contributed by atoms with Crippen molar-refractivity contribution in [3.8, 4) is 0 Å². The van der Waals surface area contributed by atoms with Crippen molar-refractivity contribution >= 4 is 47.2 Å². The van der Waals surface area contributed by atoms with Gasteiger partial charge in [-0.1, -0.05) is 50.2 Å². The van der Waals surface area contributed by atoms with E-state index in [0.717, 1.165) is 6.07 Å². The lowest BCUT2D eigenvalue weighted by molar-refractivity contribution is -0.143. The van der Waals surface area contributed by atoms with Crippen LogP contribution in [0.1, 0.15) is 67.6 Å². The number of carbonyl (C=O) groups excluding carboxylic acids is 6. The highest BCUT2D eigenvalue weighted by molar-refractivity contribution is 7.98. The highest BCUT2D eigenvalue weighted by Gasteiger charge is 2.44. The third-order valence-electron chi connectivity index (χ3n) is 8.89. The number of nitrogens with one attached hydrogen (secondary N) is 5. The van der Waals surface area contributed by atoms with E-state index in [1.54, 1.807) is 44.2 Å². The van der Waals surface area contributed by atoms with E-state index >= 15 is 0 Å². The van der Waals surface area contributed by atoms with E-state index in [4.69, 9.17) is 0 Å². The minimum absolute atomic E-state index is 0.0223. The minimum atomic E-state index is -1.32. The predicted molar refractivity (Wildman–Crippen MR) is 184 cm³/mol. The highest BCUT2D eigenvalue weighted by Crippen LogP contribution is 2.24. The normalized spacial score (nSPS) is 25.4. The van der Waals surface area contributed by atoms with Crippen LogP contribution in [0.15, 0.2) is 42.5 Å². The summed E-state index contributed by atoms with van der Waals surface area (Å²) in [5.74, 6) is -6.36. The van der Waals surface area contributed by atoms with Crippen LogP contribution >= 0.6 is 11.8 Å². The lowest BCUT2D eigenvalue weighted by atomic mass is 10.0. The van der Waals surface area contributed by atoms with Gasteiger partial charge >= 0.3 is 0 Å². The molecule has 6 amide bonds. The molecule has 0 aromatic heterocycles. The Kier molecular flexibility index (Phi) is 13.0. The minimum Gasteiger partial charge on any atom is -0.347 e. The molecule has 6 atom stereocenters. The van der Waals surface area contributed by atoms with Crippen LogP contribution in [0, 0.1) is 24.5 Å². The van der Waals surface area contributed by atoms with Crippen LogP contribution in [0.4, 0.5) is 8.78 Å². The number of carbonyl (C=O) groups is 6. The molecule has 0 saturated carbocycles. The zero-order chi connectivity index (χ0) is 36.7. The first kappa shape index (κ1) is 38.3. The molecule has 2 heterocycles. The fourth-order valence-electron chi connectivity index (χ4n) is 6.02. The van der Waals surface area contributed by atoms with Gasteiger partial charge in [0.1, 0.15) is 24.2 Å². The smallest absolute Gasteiger partial charge is 0.254 e. The zero-order valence-corrected chi connectivity index (χ0v) is 29.5. The fourth-order valence-corrected chi connectivity index (χ4v) is 6.49. The van der Waals surface area contributed by atoms with Gasteiger partial charge in [-0.2, -0.15) is 11.8 Å². The van der Waals surface area contributed by atoms with Crippen molar-refractivity contribution in [1.29, 1.82) is 0 Å². The standard InChI is InChI=1S/C35H44F2N6O6S/c1-18(2)30-35(49)43-17-22(39-32(46)23-12-11-19(3)28(36)29(23)37)15-26(43)34(48)38-20(4)31(45)41-25(21-9-7-6-8-10-21)16-27(44)40-24(13-14-50-5)33(47)42-30/h6-12,18,20,22,24-26,30H,13-17H2,1-5H3,(H,38,48)(H,39,46)(H,40,44)(H,41,45)(H,42,47)/t20-,22-,24-,25-,26-,30-/m0/s1. The summed E-state index contributed by atoms with van der Waals surface area (Å²) in [6.07, 6.45) is 1.81. The number of hydrogen-bond donors (Lipinski definition) is 5. The molecule has 15 heteroatoms. The van der Waals surface area contributed by atoms with Crippen LogP contribution in [-0.2, 0) is 24.0 Å². The maximum absolute atomic E-state index is 14.7. The summed E-state index contributed by atoms with van der Waals surface area (Å²) in [5.41, 5.74) is 0.124. The van der Waals surface area contributed by atoms with Crippen LogP contribution in [0.3, 0.4) is 0 Å². The monoisotopic (exact) mass is 714 g/mol. The molecule has 270 valence electrons. The van der Waals surface area contributed by atoms with Crippen molar-refractivity contribution in [1.82, 2.24) is 31.5 Å². The molecule has 2 aromatic rings. The quantitative estimate of drug-likeness (QED) is 0.293. The Bertz CT molecular complexity index is 1610. The van der Waals surface area contributed by atoms with Crippen LogP contribution in [-0.4, -0.2) is 89.1 Å². The van der Waals surface area contributed by atoms with E-state index in [2.05, 4.69) is 26.6 Å². The number of fused-ring (bicyclic) bond motifs is 1. The summed E-state index contributed by atoms with van der Waals surface area (Å²) in [7, 11) is 0. The van der Waals surface area contributed by atoms with Gasteiger partial charge in [0.25, 0.3) is 5.91 Å². The van der Waals surface area contributed by atoms with Crippen molar-refractivity contribution in [2.24, 2.45) is 5.92 Å². The molecule has 0 radical (unpaired) electrons. The third-order valence-corrected chi connectivity index (χ3v) is 9.54. The summed E-state index contributed by atoms with van der Waals surface area (Å²) < 4.78 is 28.9. The van der Waals surface area contributed by atoms with Crippen LogP contribution in [0.5, 0.6) is 0 Å². The second kappa shape index (κ2) is 16.9. The Hall–Kier alpha value is -4.53. The van der Waals surface area contributed by atoms with Crippen LogP contribution < -0.4 is 26.6 Å². The van der Waals surface area contributed by atoms with Crippen molar-refractivity contribution in [3.63, 3.8) is 0 Å². The highest BCUT2D eigenvalue weighted by atomic mass is 32.2. The Labute approximate surface area is 294 Å². The van der Waals surface area contributed by atoms with E-state index in [1.165, 1.54) is 36.6 Å². The van der Waals surface area contributed by atoms with Crippen molar-refractivity contribution < 1.29 is 37.5 Å². The molecule has 0 aliphatic carbocycles. The molecule has 0 bridgehead atoms. The summed E-state index contributed by atoms with van der Waals surface area (Å²) in [6.45, 7) is 6.06. The number of rotatable bonds is 7. The largest absolute Gasteiger partial charge is 0.347 e. The first-order valence-corrected chi connectivity index (χ1v) is 17.9. The van der Waals surface area contributed by atoms with Gasteiger partial charge in [0.05, 0.1) is 18.0 Å². The second-order valence-corrected chi connectivity index (χ2v) is 14.0. The molecule has 2 fully saturated rings. The maximum Gasteiger partial charge on any atom is 0.254 e. The summed E-state index contributed by atoms with van der Waals surface area (Å²) in [6, 6.07) is 5.14. The average molecular weight is 715 g/mol. The van der Waals surface area contributed by atoms with E-state index in [1.807, 2.05) is 6.26 Å². The topological polar surface area (TPSA) is 166 Å². The maximum atomic E-state index is 14.7. The Morgan fingerprint density at radius 1 is 0.940 bits per heavy atom. The number of thioether (sulfide) groups is 1.